The first-order valence-corrected chi connectivity index (χ1v) is 10.8. The molecule has 0 radical (unpaired) electrons. The molecule has 3 amide bonds. The van der Waals surface area contributed by atoms with Crippen LogP contribution >= 0.6 is 0 Å². The van der Waals surface area contributed by atoms with Gasteiger partial charge in [0.05, 0.1) is 4.90 Å². The highest BCUT2D eigenvalue weighted by molar-refractivity contribution is 7.89. The number of urea groups is 1. The normalized spacial score (nSPS) is 15.3. The number of nitrogens with zero attached hydrogens (tertiary/aromatic N) is 3. The summed E-state index contributed by atoms with van der Waals surface area (Å²) in [6.07, 6.45) is 1.02. The van der Waals surface area contributed by atoms with Crippen molar-refractivity contribution < 1.29 is 18.0 Å². The van der Waals surface area contributed by atoms with Crippen LogP contribution in [-0.2, 0) is 21.2 Å². The second-order valence-corrected chi connectivity index (χ2v) is 8.61. The molecular formula is C18H29N5O4S. The molecule has 1 saturated heterocycles. The van der Waals surface area contributed by atoms with Crippen molar-refractivity contribution in [2.45, 2.75) is 17.7 Å². The van der Waals surface area contributed by atoms with Crippen LogP contribution in [0, 0.1) is 0 Å². The van der Waals surface area contributed by atoms with E-state index < -0.39 is 10.0 Å². The van der Waals surface area contributed by atoms with Crippen molar-refractivity contribution in [1.29, 1.82) is 0 Å². The van der Waals surface area contributed by atoms with E-state index in [1.165, 1.54) is 12.1 Å². The van der Waals surface area contributed by atoms with Gasteiger partial charge in [-0.2, -0.15) is 0 Å². The maximum atomic E-state index is 12.0. The van der Waals surface area contributed by atoms with E-state index in [9.17, 15) is 18.0 Å². The molecule has 0 aromatic heterocycles. The number of hydrogen-bond donors (Lipinski definition) is 2. The Morgan fingerprint density at radius 2 is 1.71 bits per heavy atom. The van der Waals surface area contributed by atoms with Crippen molar-refractivity contribution in [3.63, 3.8) is 0 Å². The highest BCUT2D eigenvalue weighted by Gasteiger charge is 2.22. The second kappa shape index (κ2) is 9.85. The molecule has 3 N–H and O–H groups in total. The molecule has 10 heteroatoms. The average molecular weight is 412 g/mol. The zero-order valence-corrected chi connectivity index (χ0v) is 17.2. The molecule has 0 spiro atoms. The molecular weight excluding hydrogens is 382 g/mol. The Hall–Kier alpha value is -2.17. The van der Waals surface area contributed by atoms with Gasteiger partial charge in [-0.1, -0.05) is 12.1 Å². The van der Waals surface area contributed by atoms with Gasteiger partial charge in [-0.15, -0.1) is 0 Å². The van der Waals surface area contributed by atoms with Gasteiger partial charge in [-0.05, 0) is 24.1 Å². The number of primary sulfonamides is 1. The van der Waals surface area contributed by atoms with Crippen molar-refractivity contribution in [2.75, 3.05) is 53.4 Å². The van der Waals surface area contributed by atoms with Gasteiger partial charge in [0.15, 0.2) is 0 Å². The summed E-state index contributed by atoms with van der Waals surface area (Å²) in [5.41, 5.74) is 0.925. The van der Waals surface area contributed by atoms with Gasteiger partial charge in [-0.3, -0.25) is 9.69 Å². The summed E-state index contributed by atoms with van der Waals surface area (Å²) < 4.78 is 22.5. The highest BCUT2D eigenvalue weighted by Crippen LogP contribution is 2.09. The number of nitrogens with one attached hydrogen (secondary N) is 1. The summed E-state index contributed by atoms with van der Waals surface area (Å²) >= 11 is 0. The Morgan fingerprint density at radius 1 is 1.11 bits per heavy atom. The van der Waals surface area contributed by atoms with Crippen LogP contribution in [0.4, 0.5) is 4.79 Å². The zero-order valence-electron chi connectivity index (χ0n) is 16.4. The molecule has 2 rings (SSSR count). The second-order valence-electron chi connectivity index (χ2n) is 7.04. The van der Waals surface area contributed by atoms with Crippen LogP contribution in [0.25, 0.3) is 0 Å². The average Bonchev–Trinajstić information content (AvgIpc) is 2.66. The minimum atomic E-state index is -3.68. The molecule has 0 aliphatic carbocycles. The van der Waals surface area contributed by atoms with Crippen molar-refractivity contribution >= 4 is 22.0 Å². The molecule has 156 valence electrons. The number of piperazine rings is 1. The van der Waals surface area contributed by atoms with Crippen LogP contribution in [-0.4, -0.2) is 88.4 Å². The Morgan fingerprint density at radius 3 is 2.25 bits per heavy atom. The molecule has 1 fully saturated rings. The maximum absolute atomic E-state index is 12.0. The van der Waals surface area contributed by atoms with Gasteiger partial charge in [-0.25, -0.2) is 18.4 Å². The first-order chi connectivity index (χ1) is 13.2. The summed E-state index contributed by atoms with van der Waals surface area (Å²) in [5, 5.41) is 7.94. The Bertz CT molecular complexity index is 772. The van der Waals surface area contributed by atoms with E-state index in [4.69, 9.17) is 5.14 Å². The zero-order chi connectivity index (χ0) is 20.7. The predicted octanol–water partition coefficient (Wildman–Crippen LogP) is -0.318. The van der Waals surface area contributed by atoms with Gasteiger partial charge >= 0.3 is 6.03 Å². The summed E-state index contributed by atoms with van der Waals surface area (Å²) in [7, 11) is -0.196. The van der Waals surface area contributed by atoms with Crippen LogP contribution in [0.1, 0.15) is 12.0 Å². The van der Waals surface area contributed by atoms with E-state index in [-0.39, 0.29) is 16.8 Å². The first-order valence-electron chi connectivity index (χ1n) is 9.24. The number of carbonyl (C=O) groups excluding carboxylic acids is 2. The molecule has 1 heterocycles. The third kappa shape index (κ3) is 6.77. The minimum Gasteiger partial charge on any atom is -0.356 e. The lowest BCUT2D eigenvalue weighted by atomic mass is 10.1. The van der Waals surface area contributed by atoms with Crippen LogP contribution in [0.15, 0.2) is 29.2 Å². The number of carbonyl (C=O) groups is 2. The van der Waals surface area contributed by atoms with Gasteiger partial charge in [0, 0.05) is 59.8 Å². The Labute approximate surface area is 166 Å². The topological polar surface area (TPSA) is 116 Å². The van der Waals surface area contributed by atoms with E-state index in [2.05, 4.69) is 10.2 Å². The van der Waals surface area contributed by atoms with E-state index in [1.54, 1.807) is 31.1 Å². The van der Waals surface area contributed by atoms with E-state index in [0.29, 0.717) is 39.0 Å². The molecule has 1 aromatic rings. The minimum absolute atomic E-state index is 0.0204. The standard InChI is InChI=1S/C18H29N5O4S/c1-21(2)18(25)23-13-11-22(12-14-23)10-8-17(24)20-9-7-15-3-5-16(6-4-15)28(19,26)27/h3-6H,7-14H2,1-2H3,(H,20,24)(H2,19,26,27). The first kappa shape index (κ1) is 22.1. The smallest absolute Gasteiger partial charge is 0.319 e. The fourth-order valence-electron chi connectivity index (χ4n) is 2.99. The fourth-order valence-corrected chi connectivity index (χ4v) is 3.50. The molecule has 1 aliphatic rings. The van der Waals surface area contributed by atoms with Crippen molar-refractivity contribution in [3.8, 4) is 0 Å². The molecule has 1 aromatic carbocycles. The van der Waals surface area contributed by atoms with E-state index >= 15 is 0 Å². The number of amides is 3. The quantitative estimate of drug-likeness (QED) is 0.638. The molecule has 28 heavy (non-hydrogen) atoms. The van der Waals surface area contributed by atoms with Gasteiger partial charge in [0.25, 0.3) is 0 Å². The third-order valence-corrected chi connectivity index (χ3v) is 5.60. The number of rotatable bonds is 7. The SMILES string of the molecule is CN(C)C(=O)N1CCN(CCC(=O)NCCc2ccc(S(N)(=O)=O)cc2)CC1. The van der Waals surface area contributed by atoms with Crippen LogP contribution in [0.5, 0.6) is 0 Å². The lowest BCUT2D eigenvalue weighted by Gasteiger charge is -2.35. The van der Waals surface area contributed by atoms with E-state index in [1.807, 2.05) is 4.90 Å². The number of nitrogens with two attached hydrogens (primary N) is 1. The maximum Gasteiger partial charge on any atom is 0.319 e. The summed E-state index contributed by atoms with van der Waals surface area (Å²) in [6.45, 7) is 4.03. The highest BCUT2D eigenvalue weighted by atomic mass is 32.2. The Kier molecular flexibility index (Phi) is 7.78. The predicted molar refractivity (Wildman–Crippen MR) is 106 cm³/mol. The van der Waals surface area contributed by atoms with Crippen LogP contribution in [0.2, 0.25) is 0 Å². The largest absolute Gasteiger partial charge is 0.356 e. The van der Waals surface area contributed by atoms with Gasteiger partial charge < -0.3 is 15.1 Å². The lowest BCUT2D eigenvalue weighted by Crippen LogP contribution is -2.51. The molecule has 0 saturated carbocycles. The molecule has 0 unspecified atom stereocenters. The lowest BCUT2D eigenvalue weighted by molar-refractivity contribution is -0.121. The summed E-state index contributed by atoms with van der Waals surface area (Å²) in [6, 6.07) is 6.34. The Balaban J connectivity index is 1.64. The van der Waals surface area contributed by atoms with Crippen molar-refractivity contribution in [2.24, 2.45) is 5.14 Å². The number of benzene rings is 1. The van der Waals surface area contributed by atoms with Crippen molar-refractivity contribution in [3.05, 3.63) is 29.8 Å². The van der Waals surface area contributed by atoms with Crippen molar-refractivity contribution in [1.82, 2.24) is 20.0 Å². The van der Waals surface area contributed by atoms with Crippen LogP contribution < -0.4 is 10.5 Å². The summed E-state index contributed by atoms with van der Waals surface area (Å²) in [5.74, 6) is -0.0204. The molecule has 0 bridgehead atoms. The summed E-state index contributed by atoms with van der Waals surface area (Å²) in [4.78, 5) is 29.6. The number of sulfonamides is 1. The van der Waals surface area contributed by atoms with E-state index in [0.717, 1.165) is 18.7 Å². The third-order valence-electron chi connectivity index (χ3n) is 4.67. The molecule has 0 atom stereocenters. The number of hydrogen-bond acceptors (Lipinski definition) is 5. The van der Waals surface area contributed by atoms with Gasteiger partial charge in [0.1, 0.15) is 0 Å². The molecule has 1 aliphatic heterocycles. The van der Waals surface area contributed by atoms with Crippen LogP contribution in [0.3, 0.4) is 0 Å². The molecule has 9 nitrogen and oxygen atoms in total. The fraction of sp³-hybridized carbons (Fsp3) is 0.556. The monoisotopic (exact) mass is 411 g/mol. The van der Waals surface area contributed by atoms with Gasteiger partial charge in [0.2, 0.25) is 15.9 Å².